The first-order valence-corrected chi connectivity index (χ1v) is 3.59. The van der Waals surface area contributed by atoms with Crippen LogP contribution in [0.3, 0.4) is 0 Å². The van der Waals surface area contributed by atoms with Gasteiger partial charge in [0.15, 0.2) is 5.09 Å². The van der Waals surface area contributed by atoms with Gasteiger partial charge in [-0.15, -0.1) is 12.6 Å². The molecule has 0 atom stereocenters. The minimum absolute atomic E-state index is 0.272. The van der Waals surface area contributed by atoms with Crippen LogP contribution in [0, 0.1) is 5.82 Å². The first-order valence-electron chi connectivity index (χ1n) is 3.14. The molecule has 0 N–H and O–H groups in total. The molecule has 0 unspecified atom stereocenters. The zero-order valence-corrected chi connectivity index (χ0v) is 6.44. The van der Waals surface area contributed by atoms with Gasteiger partial charge in [-0.05, 0) is 12.1 Å². The summed E-state index contributed by atoms with van der Waals surface area (Å²) in [5.74, 6) is -0.272. The molecular weight excluding hydrogens is 163 g/mol. The Morgan fingerprint density at radius 3 is 2.91 bits per heavy atom. The Hall–Kier alpha value is -0.960. The molecule has 0 spiro atoms. The van der Waals surface area contributed by atoms with E-state index < -0.39 is 0 Å². The van der Waals surface area contributed by atoms with E-state index in [1.54, 1.807) is 18.2 Å². The SMILES string of the molecule is Fc1cccc2oc(S)cc12. The van der Waals surface area contributed by atoms with Gasteiger partial charge in [0.1, 0.15) is 11.4 Å². The smallest absolute Gasteiger partial charge is 0.158 e. The summed E-state index contributed by atoms with van der Waals surface area (Å²) in [6, 6.07) is 6.27. The first kappa shape index (κ1) is 6.73. The number of furan rings is 1. The standard InChI is InChI=1S/C8H5FOS/c9-6-2-1-3-7-5(6)4-8(11)10-7/h1-4,11H. The Labute approximate surface area is 68.2 Å². The Bertz CT molecular complexity index is 394. The maximum atomic E-state index is 12.9. The largest absolute Gasteiger partial charge is 0.450 e. The van der Waals surface area contributed by atoms with E-state index in [4.69, 9.17) is 4.42 Å². The number of hydrogen-bond donors (Lipinski definition) is 1. The normalized spacial score (nSPS) is 10.7. The fourth-order valence-corrected chi connectivity index (χ4v) is 1.24. The number of rotatable bonds is 0. The maximum Gasteiger partial charge on any atom is 0.158 e. The summed E-state index contributed by atoms with van der Waals surface area (Å²) in [6.07, 6.45) is 0. The zero-order chi connectivity index (χ0) is 7.84. The van der Waals surface area contributed by atoms with Crippen molar-refractivity contribution in [1.29, 1.82) is 0 Å². The predicted molar refractivity (Wildman–Crippen MR) is 43.4 cm³/mol. The second-order valence-electron chi connectivity index (χ2n) is 2.24. The number of halogens is 1. The van der Waals surface area contributed by atoms with E-state index in [1.807, 2.05) is 0 Å². The summed E-state index contributed by atoms with van der Waals surface area (Å²) in [7, 11) is 0. The monoisotopic (exact) mass is 168 g/mol. The molecule has 1 aromatic heterocycles. The summed E-state index contributed by atoms with van der Waals surface area (Å²) in [5.41, 5.74) is 0.537. The summed E-state index contributed by atoms with van der Waals surface area (Å²) < 4.78 is 18.0. The summed E-state index contributed by atoms with van der Waals surface area (Å²) in [6.45, 7) is 0. The van der Waals surface area contributed by atoms with Crippen molar-refractivity contribution in [3.8, 4) is 0 Å². The molecule has 1 aromatic carbocycles. The van der Waals surface area contributed by atoms with Crippen molar-refractivity contribution >= 4 is 23.6 Å². The lowest BCUT2D eigenvalue weighted by Gasteiger charge is -1.86. The summed E-state index contributed by atoms with van der Waals surface area (Å²) in [5, 5.41) is 0.919. The second kappa shape index (κ2) is 2.27. The molecule has 0 bridgehead atoms. The molecule has 0 aliphatic carbocycles. The third-order valence-electron chi connectivity index (χ3n) is 1.50. The molecule has 0 radical (unpaired) electrons. The number of fused-ring (bicyclic) bond motifs is 1. The number of thiol groups is 1. The van der Waals surface area contributed by atoms with Crippen LogP contribution in [0.15, 0.2) is 33.8 Å². The van der Waals surface area contributed by atoms with Crippen LogP contribution in [-0.4, -0.2) is 0 Å². The van der Waals surface area contributed by atoms with Gasteiger partial charge in [0, 0.05) is 6.07 Å². The van der Waals surface area contributed by atoms with Crippen LogP contribution in [0.5, 0.6) is 0 Å². The highest BCUT2D eigenvalue weighted by molar-refractivity contribution is 7.80. The van der Waals surface area contributed by atoms with Crippen LogP contribution in [-0.2, 0) is 0 Å². The topological polar surface area (TPSA) is 13.1 Å². The van der Waals surface area contributed by atoms with Crippen LogP contribution in [0.25, 0.3) is 11.0 Å². The van der Waals surface area contributed by atoms with E-state index in [2.05, 4.69) is 12.6 Å². The van der Waals surface area contributed by atoms with E-state index in [0.717, 1.165) is 0 Å². The predicted octanol–water partition coefficient (Wildman–Crippen LogP) is 2.86. The van der Waals surface area contributed by atoms with Crippen molar-refractivity contribution in [3.63, 3.8) is 0 Å². The van der Waals surface area contributed by atoms with Crippen LogP contribution < -0.4 is 0 Å². The third kappa shape index (κ3) is 1.01. The van der Waals surface area contributed by atoms with Gasteiger partial charge in [-0.3, -0.25) is 0 Å². The molecule has 0 saturated heterocycles. The Morgan fingerprint density at radius 2 is 2.18 bits per heavy atom. The van der Waals surface area contributed by atoms with Crippen molar-refractivity contribution in [2.75, 3.05) is 0 Å². The van der Waals surface area contributed by atoms with E-state index in [1.165, 1.54) is 6.07 Å². The molecule has 11 heavy (non-hydrogen) atoms. The van der Waals surface area contributed by atoms with Gasteiger partial charge < -0.3 is 4.42 Å². The first-order chi connectivity index (χ1) is 5.27. The number of benzene rings is 1. The summed E-state index contributed by atoms with van der Waals surface area (Å²) in [4.78, 5) is 0. The van der Waals surface area contributed by atoms with Crippen molar-refractivity contribution in [3.05, 3.63) is 30.1 Å². The van der Waals surface area contributed by atoms with Crippen LogP contribution >= 0.6 is 12.6 Å². The van der Waals surface area contributed by atoms with Gasteiger partial charge in [0.25, 0.3) is 0 Å². The van der Waals surface area contributed by atoms with Gasteiger partial charge in [0.05, 0.1) is 5.39 Å². The van der Waals surface area contributed by atoms with Gasteiger partial charge in [0.2, 0.25) is 0 Å². The lowest BCUT2D eigenvalue weighted by atomic mass is 10.2. The fourth-order valence-electron chi connectivity index (χ4n) is 1.01. The zero-order valence-electron chi connectivity index (χ0n) is 5.54. The van der Waals surface area contributed by atoms with Gasteiger partial charge in [-0.2, -0.15) is 0 Å². The minimum Gasteiger partial charge on any atom is -0.450 e. The molecule has 3 heteroatoms. The molecule has 0 aliphatic heterocycles. The molecule has 2 aromatic rings. The van der Waals surface area contributed by atoms with Gasteiger partial charge in [-0.25, -0.2) is 4.39 Å². The van der Waals surface area contributed by atoms with Crippen molar-refractivity contribution in [1.82, 2.24) is 0 Å². The third-order valence-corrected chi connectivity index (χ3v) is 1.72. The lowest BCUT2D eigenvalue weighted by molar-refractivity contribution is 0.517. The van der Waals surface area contributed by atoms with E-state index >= 15 is 0 Å². The van der Waals surface area contributed by atoms with E-state index in [9.17, 15) is 4.39 Å². The molecule has 1 heterocycles. The van der Waals surface area contributed by atoms with Crippen molar-refractivity contribution < 1.29 is 8.81 Å². The number of hydrogen-bond acceptors (Lipinski definition) is 2. The van der Waals surface area contributed by atoms with E-state index in [0.29, 0.717) is 16.1 Å². The molecule has 0 amide bonds. The Kier molecular flexibility index (Phi) is 1.39. The fraction of sp³-hybridized carbons (Fsp3) is 0. The average Bonchev–Trinajstić information content (AvgIpc) is 2.31. The second-order valence-corrected chi connectivity index (χ2v) is 2.68. The van der Waals surface area contributed by atoms with Crippen molar-refractivity contribution in [2.45, 2.75) is 5.09 Å². The molecule has 2 rings (SSSR count). The Balaban J connectivity index is 2.90. The average molecular weight is 168 g/mol. The lowest BCUT2D eigenvalue weighted by Crippen LogP contribution is -1.70. The highest BCUT2D eigenvalue weighted by Gasteiger charge is 2.03. The molecule has 0 fully saturated rings. The van der Waals surface area contributed by atoms with Crippen LogP contribution in [0.4, 0.5) is 4.39 Å². The molecule has 1 nitrogen and oxygen atoms in total. The molecule has 56 valence electrons. The quantitative estimate of drug-likeness (QED) is 0.597. The van der Waals surface area contributed by atoms with Crippen LogP contribution in [0.2, 0.25) is 0 Å². The molecule has 0 aliphatic rings. The molecular formula is C8H5FOS. The van der Waals surface area contributed by atoms with Crippen LogP contribution in [0.1, 0.15) is 0 Å². The highest BCUT2D eigenvalue weighted by Crippen LogP contribution is 2.23. The Morgan fingerprint density at radius 1 is 1.36 bits per heavy atom. The molecule has 0 saturated carbocycles. The highest BCUT2D eigenvalue weighted by atomic mass is 32.1. The van der Waals surface area contributed by atoms with Gasteiger partial charge >= 0.3 is 0 Å². The van der Waals surface area contributed by atoms with Gasteiger partial charge in [-0.1, -0.05) is 6.07 Å². The minimum atomic E-state index is -0.272. The van der Waals surface area contributed by atoms with E-state index in [-0.39, 0.29) is 5.82 Å². The summed E-state index contributed by atoms with van der Waals surface area (Å²) >= 11 is 3.96. The maximum absolute atomic E-state index is 12.9. The van der Waals surface area contributed by atoms with Crippen molar-refractivity contribution in [2.24, 2.45) is 0 Å².